The van der Waals surface area contributed by atoms with Crippen molar-refractivity contribution in [1.29, 1.82) is 0 Å². The molecule has 1 rings (SSSR count). The number of aliphatic hydroxyl groups excluding tert-OH is 1. The second-order valence-electron chi connectivity index (χ2n) is 2.89. The SMILES string of the molecule is Cl.NCCN1CCCC(O)C1. The minimum absolute atomic E-state index is 0. The molecule has 68 valence electrons. The van der Waals surface area contributed by atoms with E-state index in [0.29, 0.717) is 6.54 Å². The molecule has 1 aliphatic rings. The molecule has 0 amide bonds. The van der Waals surface area contributed by atoms with Crippen molar-refractivity contribution in [2.75, 3.05) is 26.2 Å². The number of hydrogen-bond acceptors (Lipinski definition) is 3. The summed E-state index contributed by atoms with van der Waals surface area (Å²) in [5, 5.41) is 9.22. The second kappa shape index (κ2) is 5.77. The quantitative estimate of drug-likeness (QED) is 0.620. The minimum Gasteiger partial charge on any atom is -0.392 e. The van der Waals surface area contributed by atoms with Crippen molar-refractivity contribution in [3.05, 3.63) is 0 Å². The Labute approximate surface area is 74.0 Å². The lowest BCUT2D eigenvalue weighted by Gasteiger charge is -2.29. The van der Waals surface area contributed by atoms with Crippen molar-refractivity contribution in [3.63, 3.8) is 0 Å². The van der Waals surface area contributed by atoms with Crippen LogP contribution in [0, 0.1) is 0 Å². The van der Waals surface area contributed by atoms with Gasteiger partial charge in [-0.05, 0) is 19.4 Å². The maximum Gasteiger partial charge on any atom is 0.0667 e. The highest BCUT2D eigenvalue weighted by Gasteiger charge is 2.15. The zero-order chi connectivity index (χ0) is 7.40. The molecule has 1 fully saturated rings. The minimum atomic E-state index is -0.111. The second-order valence-corrected chi connectivity index (χ2v) is 2.89. The van der Waals surface area contributed by atoms with Gasteiger partial charge in [0.05, 0.1) is 6.10 Å². The van der Waals surface area contributed by atoms with Gasteiger partial charge in [0.1, 0.15) is 0 Å². The van der Waals surface area contributed by atoms with Gasteiger partial charge in [-0.3, -0.25) is 4.90 Å². The van der Waals surface area contributed by atoms with Crippen molar-refractivity contribution in [2.45, 2.75) is 18.9 Å². The van der Waals surface area contributed by atoms with Crippen LogP contribution in [0.25, 0.3) is 0 Å². The number of aliphatic hydroxyl groups is 1. The first-order valence-electron chi connectivity index (χ1n) is 3.93. The molecule has 1 saturated heterocycles. The van der Waals surface area contributed by atoms with E-state index >= 15 is 0 Å². The summed E-state index contributed by atoms with van der Waals surface area (Å²) in [7, 11) is 0. The van der Waals surface area contributed by atoms with E-state index < -0.39 is 0 Å². The lowest BCUT2D eigenvalue weighted by Crippen LogP contribution is -2.40. The van der Waals surface area contributed by atoms with Gasteiger partial charge in [-0.1, -0.05) is 0 Å². The summed E-state index contributed by atoms with van der Waals surface area (Å²) in [6.45, 7) is 3.55. The number of likely N-dealkylation sites (tertiary alicyclic amines) is 1. The summed E-state index contributed by atoms with van der Waals surface area (Å²) in [5.41, 5.74) is 5.38. The monoisotopic (exact) mass is 180 g/mol. The van der Waals surface area contributed by atoms with E-state index in [4.69, 9.17) is 5.73 Å². The van der Waals surface area contributed by atoms with Gasteiger partial charge >= 0.3 is 0 Å². The Hall–Kier alpha value is 0.170. The van der Waals surface area contributed by atoms with Crippen LogP contribution in [0.2, 0.25) is 0 Å². The number of rotatable bonds is 2. The Morgan fingerprint density at radius 2 is 2.27 bits per heavy atom. The number of β-amino-alcohol motifs (C(OH)–C–C–N with tert-alkyl or cyclic N) is 1. The van der Waals surface area contributed by atoms with Gasteiger partial charge in [0.2, 0.25) is 0 Å². The Morgan fingerprint density at radius 3 is 2.82 bits per heavy atom. The third-order valence-electron chi connectivity index (χ3n) is 1.93. The summed E-state index contributed by atoms with van der Waals surface area (Å²) in [6.07, 6.45) is 1.96. The Kier molecular flexibility index (Phi) is 5.86. The highest BCUT2D eigenvalue weighted by molar-refractivity contribution is 5.85. The van der Waals surface area contributed by atoms with Crippen LogP contribution >= 0.6 is 12.4 Å². The van der Waals surface area contributed by atoms with Crippen LogP contribution in [0.5, 0.6) is 0 Å². The Morgan fingerprint density at radius 1 is 1.55 bits per heavy atom. The number of piperidine rings is 1. The van der Waals surface area contributed by atoms with Gasteiger partial charge in [0.25, 0.3) is 0 Å². The molecule has 0 aromatic heterocycles. The first kappa shape index (κ1) is 11.2. The predicted octanol–water partition coefficient (Wildman–Crippen LogP) is -0.176. The van der Waals surface area contributed by atoms with Crippen molar-refractivity contribution < 1.29 is 5.11 Å². The molecule has 1 unspecified atom stereocenters. The van der Waals surface area contributed by atoms with Gasteiger partial charge in [-0.25, -0.2) is 0 Å². The first-order chi connectivity index (χ1) is 4.83. The largest absolute Gasteiger partial charge is 0.392 e. The van der Waals surface area contributed by atoms with Crippen LogP contribution in [0.15, 0.2) is 0 Å². The van der Waals surface area contributed by atoms with Gasteiger partial charge in [0.15, 0.2) is 0 Å². The Balaban J connectivity index is 0.000001000. The van der Waals surface area contributed by atoms with Crippen molar-refractivity contribution in [1.82, 2.24) is 4.90 Å². The number of halogens is 1. The van der Waals surface area contributed by atoms with Crippen LogP contribution in [-0.4, -0.2) is 42.3 Å². The van der Waals surface area contributed by atoms with E-state index in [-0.39, 0.29) is 18.5 Å². The molecule has 3 N–H and O–H groups in total. The molecule has 11 heavy (non-hydrogen) atoms. The molecule has 0 radical (unpaired) electrons. The van der Waals surface area contributed by atoms with Crippen molar-refractivity contribution in [3.8, 4) is 0 Å². The van der Waals surface area contributed by atoms with Gasteiger partial charge in [0, 0.05) is 19.6 Å². The molecule has 0 aromatic rings. The predicted molar refractivity (Wildman–Crippen MR) is 48.0 cm³/mol. The zero-order valence-electron chi connectivity index (χ0n) is 6.70. The van der Waals surface area contributed by atoms with Crippen molar-refractivity contribution >= 4 is 12.4 Å². The van der Waals surface area contributed by atoms with E-state index in [9.17, 15) is 5.11 Å². The van der Waals surface area contributed by atoms with Crippen LogP contribution in [0.4, 0.5) is 0 Å². The molecule has 1 aliphatic heterocycles. The van der Waals surface area contributed by atoms with Gasteiger partial charge in [-0.15, -0.1) is 12.4 Å². The standard InChI is InChI=1S/C7H16N2O.ClH/c8-3-5-9-4-1-2-7(10)6-9;/h7,10H,1-6,8H2;1H. The highest BCUT2D eigenvalue weighted by Crippen LogP contribution is 2.08. The van der Waals surface area contributed by atoms with E-state index in [1.807, 2.05) is 0 Å². The topological polar surface area (TPSA) is 49.5 Å². The molecular weight excluding hydrogens is 164 g/mol. The van der Waals surface area contributed by atoms with Gasteiger partial charge < -0.3 is 10.8 Å². The van der Waals surface area contributed by atoms with E-state index in [1.165, 1.54) is 0 Å². The van der Waals surface area contributed by atoms with Crippen LogP contribution < -0.4 is 5.73 Å². The van der Waals surface area contributed by atoms with Gasteiger partial charge in [-0.2, -0.15) is 0 Å². The lowest BCUT2D eigenvalue weighted by atomic mass is 10.1. The molecule has 0 spiro atoms. The fraction of sp³-hybridized carbons (Fsp3) is 1.00. The third-order valence-corrected chi connectivity index (χ3v) is 1.93. The Bertz CT molecular complexity index is 100. The molecule has 0 saturated carbocycles. The number of hydrogen-bond donors (Lipinski definition) is 2. The van der Waals surface area contributed by atoms with Crippen LogP contribution in [0.3, 0.4) is 0 Å². The number of nitrogens with two attached hydrogens (primary N) is 1. The highest BCUT2D eigenvalue weighted by atomic mass is 35.5. The summed E-state index contributed by atoms with van der Waals surface area (Å²) in [4.78, 5) is 2.22. The normalized spacial score (nSPS) is 26.2. The van der Waals surface area contributed by atoms with Crippen molar-refractivity contribution in [2.24, 2.45) is 5.73 Å². The number of nitrogens with zero attached hydrogens (tertiary/aromatic N) is 1. The summed E-state index contributed by atoms with van der Waals surface area (Å²) < 4.78 is 0. The van der Waals surface area contributed by atoms with Crippen LogP contribution in [-0.2, 0) is 0 Å². The zero-order valence-corrected chi connectivity index (χ0v) is 7.52. The molecule has 1 atom stereocenters. The molecule has 3 nitrogen and oxygen atoms in total. The average molecular weight is 181 g/mol. The smallest absolute Gasteiger partial charge is 0.0667 e. The third kappa shape index (κ3) is 3.91. The molecule has 0 aliphatic carbocycles. The fourth-order valence-corrected chi connectivity index (χ4v) is 1.42. The first-order valence-corrected chi connectivity index (χ1v) is 3.93. The molecule has 0 bridgehead atoms. The maximum absolute atomic E-state index is 9.22. The summed E-state index contributed by atoms with van der Waals surface area (Å²) in [6, 6.07) is 0. The lowest BCUT2D eigenvalue weighted by molar-refractivity contribution is 0.0725. The summed E-state index contributed by atoms with van der Waals surface area (Å²) in [5.74, 6) is 0. The molecule has 4 heteroatoms. The van der Waals surface area contributed by atoms with Crippen LogP contribution in [0.1, 0.15) is 12.8 Å². The summed E-state index contributed by atoms with van der Waals surface area (Å²) >= 11 is 0. The van der Waals surface area contributed by atoms with E-state index in [0.717, 1.165) is 32.5 Å². The fourth-order valence-electron chi connectivity index (χ4n) is 1.42. The molecular formula is C7H17ClN2O. The molecule has 1 heterocycles. The van der Waals surface area contributed by atoms with E-state index in [1.54, 1.807) is 0 Å². The molecule has 0 aromatic carbocycles. The maximum atomic E-state index is 9.22. The average Bonchev–Trinajstić information content (AvgIpc) is 1.88. The van der Waals surface area contributed by atoms with E-state index in [2.05, 4.69) is 4.90 Å².